The third kappa shape index (κ3) is 3.56. The van der Waals surface area contributed by atoms with Crippen molar-refractivity contribution in [3.63, 3.8) is 0 Å². The van der Waals surface area contributed by atoms with E-state index in [1.54, 1.807) is 0 Å². The SMILES string of the molecule is CC(=O)NC1CC(C)(C)Oc2ccc(C(O)C(C)C)cc21. The first-order valence-corrected chi connectivity index (χ1v) is 7.47. The molecular formula is C17H25NO3. The van der Waals surface area contributed by atoms with Crippen molar-refractivity contribution >= 4 is 5.91 Å². The first-order valence-electron chi connectivity index (χ1n) is 7.47. The van der Waals surface area contributed by atoms with Gasteiger partial charge in [0.15, 0.2) is 0 Å². The second-order valence-electron chi connectivity index (χ2n) is 6.81. The molecular weight excluding hydrogens is 266 g/mol. The zero-order valence-electron chi connectivity index (χ0n) is 13.4. The van der Waals surface area contributed by atoms with E-state index >= 15 is 0 Å². The Kier molecular flexibility index (Phi) is 4.28. The number of nitrogens with one attached hydrogen (secondary N) is 1. The number of carbonyl (C=O) groups is 1. The van der Waals surface area contributed by atoms with E-state index in [1.165, 1.54) is 6.92 Å². The highest BCUT2D eigenvalue weighted by molar-refractivity contribution is 5.73. The van der Waals surface area contributed by atoms with Crippen LogP contribution in [-0.4, -0.2) is 16.6 Å². The van der Waals surface area contributed by atoms with E-state index in [0.29, 0.717) is 6.42 Å². The molecule has 0 saturated heterocycles. The number of rotatable bonds is 3. The van der Waals surface area contributed by atoms with Crippen molar-refractivity contribution in [1.29, 1.82) is 0 Å². The first-order chi connectivity index (χ1) is 9.69. The zero-order chi connectivity index (χ0) is 15.8. The zero-order valence-corrected chi connectivity index (χ0v) is 13.4. The molecule has 2 N–H and O–H groups in total. The third-order valence-corrected chi connectivity index (χ3v) is 3.84. The maximum atomic E-state index is 11.5. The lowest BCUT2D eigenvalue weighted by atomic mass is 9.87. The summed E-state index contributed by atoms with van der Waals surface area (Å²) in [7, 11) is 0. The van der Waals surface area contributed by atoms with Gasteiger partial charge in [0.2, 0.25) is 5.91 Å². The lowest BCUT2D eigenvalue weighted by Gasteiger charge is -2.38. The summed E-state index contributed by atoms with van der Waals surface area (Å²) >= 11 is 0. The topological polar surface area (TPSA) is 58.6 Å². The molecule has 1 aliphatic rings. The highest BCUT2D eigenvalue weighted by Gasteiger charge is 2.34. The summed E-state index contributed by atoms with van der Waals surface area (Å²) in [5.74, 6) is 0.867. The molecule has 1 aliphatic heterocycles. The molecule has 1 amide bonds. The standard InChI is InChI=1S/C17H25NO3/c1-10(2)16(20)12-6-7-15-13(8-12)14(18-11(3)19)9-17(4,5)21-15/h6-8,10,14,16,20H,9H2,1-5H3,(H,18,19). The Morgan fingerprint density at radius 1 is 1.43 bits per heavy atom. The van der Waals surface area contributed by atoms with Crippen molar-refractivity contribution in [2.24, 2.45) is 5.92 Å². The average molecular weight is 291 g/mol. The number of hydrogen-bond acceptors (Lipinski definition) is 3. The number of amides is 1. The van der Waals surface area contributed by atoms with Gasteiger partial charge in [-0.3, -0.25) is 4.79 Å². The minimum atomic E-state index is -0.511. The Balaban J connectivity index is 2.41. The van der Waals surface area contributed by atoms with E-state index in [9.17, 15) is 9.90 Å². The predicted octanol–water partition coefficient (Wildman–Crippen LogP) is 3.11. The summed E-state index contributed by atoms with van der Waals surface area (Å²) in [5.41, 5.74) is 1.49. The maximum Gasteiger partial charge on any atom is 0.217 e. The van der Waals surface area contributed by atoms with E-state index in [1.807, 2.05) is 45.9 Å². The van der Waals surface area contributed by atoms with Gasteiger partial charge in [0, 0.05) is 18.9 Å². The molecule has 0 spiro atoms. The van der Waals surface area contributed by atoms with E-state index in [0.717, 1.165) is 16.9 Å². The van der Waals surface area contributed by atoms with Crippen LogP contribution in [0, 0.1) is 5.92 Å². The second-order valence-corrected chi connectivity index (χ2v) is 6.81. The molecule has 2 unspecified atom stereocenters. The highest BCUT2D eigenvalue weighted by atomic mass is 16.5. The van der Waals surface area contributed by atoms with Crippen LogP contribution >= 0.6 is 0 Å². The molecule has 1 aromatic carbocycles. The summed E-state index contributed by atoms with van der Waals surface area (Å²) in [6.07, 6.45) is 0.198. The molecule has 0 bridgehead atoms. The van der Waals surface area contributed by atoms with Crippen LogP contribution in [0.25, 0.3) is 0 Å². The number of ether oxygens (including phenoxy) is 1. The molecule has 2 atom stereocenters. The van der Waals surface area contributed by atoms with E-state index < -0.39 is 6.10 Å². The fourth-order valence-corrected chi connectivity index (χ4v) is 2.82. The van der Waals surface area contributed by atoms with Crippen LogP contribution in [0.5, 0.6) is 5.75 Å². The number of benzene rings is 1. The molecule has 116 valence electrons. The highest BCUT2D eigenvalue weighted by Crippen LogP contribution is 2.41. The second kappa shape index (κ2) is 5.68. The summed E-state index contributed by atoms with van der Waals surface area (Å²) < 4.78 is 5.99. The Labute approximate surface area is 126 Å². The predicted molar refractivity (Wildman–Crippen MR) is 82.1 cm³/mol. The van der Waals surface area contributed by atoms with Gasteiger partial charge >= 0.3 is 0 Å². The molecule has 4 heteroatoms. The van der Waals surface area contributed by atoms with Crippen LogP contribution in [0.3, 0.4) is 0 Å². The summed E-state index contributed by atoms with van der Waals surface area (Å²) in [4.78, 5) is 11.5. The monoisotopic (exact) mass is 291 g/mol. The minimum absolute atomic E-state index is 0.0570. The molecule has 0 radical (unpaired) electrons. The van der Waals surface area contributed by atoms with Crippen LogP contribution in [0.15, 0.2) is 18.2 Å². The van der Waals surface area contributed by atoms with E-state index in [4.69, 9.17) is 4.74 Å². The van der Waals surface area contributed by atoms with Gasteiger partial charge in [-0.15, -0.1) is 0 Å². The average Bonchev–Trinajstić information content (AvgIpc) is 2.35. The molecule has 4 nitrogen and oxygen atoms in total. The Morgan fingerprint density at radius 2 is 2.10 bits per heavy atom. The van der Waals surface area contributed by atoms with Crippen LogP contribution in [0.1, 0.15) is 64.3 Å². The summed E-state index contributed by atoms with van der Waals surface area (Å²) in [6.45, 7) is 9.52. The molecule has 2 rings (SSSR count). The van der Waals surface area contributed by atoms with Crippen LogP contribution in [0.2, 0.25) is 0 Å². The summed E-state index contributed by atoms with van der Waals surface area (Å²) in [6, 6.07) is 5.66. The van der Waals surface area contributed by atoms with E-state index in [2.05, 4.69) is 5.32 Å². The maximum absolute atomic E-state index is 11.5. The van der Waals surface area contributed by atoms with Gasteiger partial charge in [-0.05, 0) is 37.5 Å². The van der Waals surface area contributed by atoms with Crippen molar-refractivity contribution in [2.75, 3.05) is 0 Å². The van der Waals surface area contributed by atoms with Gasteiger partial charge in [0.05, 0.1) is 12.1 Å². The van der Waals surface area contributed by atoms with E-state index in [-0.39, 0.29) is 23.5 Å². The Morgan fingerprint density at radius 3 is 2.67 bits per heavy atom. The van der Waals surface area contributed by atoms with Gasteiger partial charge in [0.25, 0.3) is 0 Å². The first kappa shape index (κ1) is 15.8. The normalized spacial score (nSPS) is 21.4. The molecule has 0 fully saturated rings. The third-order valence-electron chi connectivity index (χ3n) is 3.84. The lowest BCUT2D eigenvalue weighted by molar-refractivity contribution is -0.120. The number of hydrogen-bond donors (Lipinski definition) is 2. The number of fused-ring (bicyclic) bond motifs is 1. The number of aliphatic hydroxyl groups excluding tert-OH is 1. The summed E-state index contributed by atoms with van der Waals surface area (Å²) in [5, 5.41) is 13.2. The van der Waals surface area contributed by atoms with Gasteiger partial charge in [-0.2, -0.15) is 0 Å². The smallest absolute Gasteiger partial charge is 0.217 e. The number of aliphatic hydroxyl groups is 1. The van der Waals surface area contributed by atoms with Gasteiger partial charge in [0.1, 0.15) is 11.4 Å². The van der Waals surface area contributed by atoms with Gasteiger partial charge in [-0.1, -0.05) is 19.9 Å². The molecule has 0 aliphatic carbocycles. The Hall–Kier alpha value is -1.55. The molecule has 1 aromatic rings. The fourth-order valence-electron chi connectivity index (χ4n) is 2.82. The molecule has 1 heterocycles. The largest absolute Gasteiger partial charge is 0.487 e. The van der Waals surface area contributed by atoms with Crippen LogP contribution < -0.4 is 10.1 Å². The number of carbonyl (C=O) groups excluding carboxylic acids is 1. The minimum Gasteiger partial charge on any atom is -0.487 e. The lowest BCUT2D eigenvalue weighted by Crippen LogP contribution is -2.40. The van der Waals surface area contributed by atoms with Gasteiger partial charge in [-0.25, -0.2) is 0 Å². The quantitative estimate of drug-likeness (QED) is 0.899. The van der Waals surface area contributed by atoms with Crippen molar-refractivity contribution in [3.8, 4) is 5.75 Å². The Bertz CT molecular complexity index is 537. The van der Waals surface area contributed by atoms with Crippen molar-refractivity contribution in [1.82, 2.24) is 5.32 Å². The molecule has 21 heavy (non-hydrogen) atoms. The van der Waals surface area contributed by atoms with Crippen LogP contribution in [-0.2, 0) is 4.79 Å². The van der Waals surface area contributed by atoms with Crippen molar-refractivity contribution < 1.29 is 14.6 Å². The van der Waals surface area contributed by atoms with Gasteiger partial charge < -0.3 is 15.2 Å². The molecule has 0 aromatic heterocycles. The van der Waals surface area contributed by atoms with Crippen LogP contribution in [0.4, 0.5) is 0 Å². The molecule has 0 saturated carbocycles. The van der Waals surface area contributed by atoms with Crippen molar-refractivity contribution in [3.05, 3.63) is 29.3 Å². The fraction of sp³-hybridized carbons (Fsp3) is 0.588. The van der Waals surface area contributed by atoms with Crippen molar-refractivity contribution in [2.45, 2.75) is 58.8 Å².